The molecule has 0 spiro atoms. The minimum atomic E-state index is -2.60. The highest BCUT2D eigenvalue weighted by molar-refractivity contribution is 8.32. The Balaban J connectivity index is 2.87. The van der Waals surface area contributed by atoms with Gasteiger partial charge >= 0.3 is 0 Å². The Labute approximate surface area is 58.8 Å². The van der Waals surface area contributed by atoms with Gasteiger partial charge in [-0.05, 0) is 6.08 Å². The quantitative estimate of drug-likeness (QED) is 0.473. The van der Waals surface area contributed by atoms with Crippen LogP contribution in [0.4, 0.5) is 0 Å². The maximum atomic E-state index is 10.8. The van der Waals surface area contributed by atoms with Crippen LogP contribution >= 0.6 is 0 Å². The molecule has 1 aliphatic rings. The van der Waals surface area contributed by atoms with E-state index in [1.165, 1.54) is 11.5 Å². The van der Waals surface area contributed by atoms with Crippen LogP contribution in [0.1, 0.15) is 0 Å². The fourth-order valence-corrected chi connectivity index (χ4v) is 1.71. The fourth-order valence-electron chi connectivity index (χ4n) is 0.460. The summed E-state index contributed by atoms with van der Waals surface area (Å²) in [5, 5.41) is 1.33. The van der Waals surface area contributed by atoms with Gasteiger partial charge in [-0.25, -0.2) is 4.21 Å². The zero-order chi connectivity index (χ0) is 6.91. The maximum absolute atomic E-state index is 10.8. The zero-order valence-electron chi connectivity index (χ0n) is 4.44. The Morgan fingerprint density at radius 2 is 2.56 bits per heavy atom. The minimum absolute atomic E-state index is 0.491. The lowest BCUT2D eigenvalue weighted by atomic mass is 10.4. The van der Waals surface area contributed by atoms with Crippen molar-refractivity contribution in [2.45, 2.75) is 6.10 Å². The van der Waals surface area contributed by atoms with E-state index in [2.05, 4.69) is 17.1 Å². The summed E-state index contributed by atoms with van der Waals surface area (Å²) in [5.74, 6) is 2.26. The van der Waals surface area contributed by atoms with Crippen LogP contribution in [0, 0.1) is 12.3 Å². The van der Waals surface area contributed by atoms with E-state index in [9.17, 15) is 4.21 Å². The second kappa shape index (κ2) is 2.10. The van der Waals surface area contributed by atoms with Crippen molar-refractivity contribution in [2.75, 3.05) is 0 Å². The lowest BCUT2D eigenvalue weighted by molar-refractivity contribution is 0.349. The molecule has 0 aromatic carbocycles. The normalized spacial score (nSPS) is 40.6. The van der Waals surface area contributed by atoms with Crippen LogP contribution in [0.25, 0.3) is 0 Å². The Morgan fingerprint density at radius 3 is 2.78 bits per heavy atom. The molecule has 2 atom stereocenters. The average molecular weight is 160 g/mol. The molecule has 0 radical (unpaired) electrons. The molecule has 0 aromatic heterocycles. The summed E-state index contributed by atoms with van der Waals surface area (Å²) < 4.78 is 15.5. The number of terminal acetylenes is 1. The molecule has 0 saturated heterocycles. The van der Waals surface area contributed by atoms with Crippen molar-refractivity contribution in [1.29, 1.82) is 0 Å². The monoisotopic (exact) mass is 160 g/mol. The van der Waals surface area contributed by atoms with Gasteiger partial charge in [0.05, 0.1) is 0 Å². The molecule has 0 N–H and O–H groups in total. The van der Waals surface area contributed by atoms with E-state index in [0.717, 1.165) is 0 Å². The SMILES string of the molecule is C#CC1C=CS(=O)(=S)O1. The molecule has 0 aliphatic carbocycles. The maximum Gasteiger partial charge on any atom is 0.167 e. The highest BCUT2D eigenvalue weighted by Gasteiger charge is 2.15. The van der Waals surface area contributed by atoms with E-state index >= 15 is 0 Å². The third-order valence-corrected chi connectivity index (χ3v) is 2.36. The number of hydrogen-bond donors (Lipinski definition) is 0. The van der Waals surface area contributed by atoms with Gasteiger partial charge in [0.25, 0.3) is 0 Å². The molecule has 0 fully saturated rings. The lowest BCUT2D eigenvalue weighted by Crippen LogP contribution is -2.02. The van der Waals surface area contributed by atoms with Crippen LogP contribution in [-0.2, 0) is 24.1 Å². The van der Waals surface area contributed by atoms with Gasteiger partial charge in [0.15, 0.2) is 14.9 Å². The van der Waals surface area contributed by atoms with Crippen molar-refractivity contribution in [3.05, 3.63) is 11.5 Å². The molecule has 1 heterocycles. The molecular formula is C5H4O2S2. The molecule has 0 aromatic rings. The van der Waals surface area contributed by atoms with E-state index in [0.29, 0.717) is 0 Å². The summed E-state index contributed by atoms with van der Waals surface area (Å²) in [4.78, 5) is 0. The second-order valence-corrected chi connectivity index (χ2v) is 4.35. The first kappa shape index (κ1) is 6.75. The van der Waals surface area contributed by atoms with Gasteiger partial charge < -0.3 is 0 Å². The third kappa shape index (κ3) is 1.52. The van der Waals surface area contributed by atoms with Crippen molar-refractivity contribution in [2.24, 2.45) is 0 Å². The van der Waals surface area contributed by atoms with Crippen molar-refractivity contribution in [3.8, 4) is 12.3 Å². The molecule has 2 nitrogen and oxygen atoms in total. The van der Waals surface area contributed by atoms with Crippen LogP contribution in [0.3, 0.4) is 0 Å². The van der Waals surface area contributed by atoms with Crippen molar-refractivity contribution in [1.82, 2.24) is 0 Å². The fraction of sp³-hybridized carbons (Fsp3) is 0.200. The van der Waals surface area contributed by atoms with Crippen LogP contribution in [0.2, 0.25) is 0 Å². The van der Waals surface area contributed by atoms with Crippen molar-refractivity contribution in [3.63, 3.8) is 0 Å². The predicted octanol–water partition coefficient (Wildman–Crippen LogP) is 0.193. The topological polar surface area (TPSA) is 26.3 Å². The van der Waals surface area contributed by atoms with Crippen LogP contribution in [0.15, 0.2) is 11.5 Å². The Kier molecular flexibility index (Phi) is 1.58. The number of rotatable bonds is 0. The molecule has 1 aliphatic heterocycles. The summed E-state index contributed by atoms with van der Waals surface area (Å²) in [6.07, 6.45) is 5.99. The molecular weight excluding hydrogens is 156 g/mol. The Hall–Kier alpha value is -0.370. The molecule has 0 bridgehead atoms. The first-order valence-electron chi connectivity index (χ1n) is 2.22. The Morgan fingerprint density at radius 1 is 1.89 bits per heavy atom. The summed E-state index contributed by atoms with van der Waals surface area (Å²) >= 11 is 4.47. The average Bonchev–Trinajstić information content (AvgIpc) is 2.10. The zero-order valence-corrected chi connectivity index (χ0v) is 6.08. The summed E-state index contributed by atoms with van der Waals surface area (Å²) in [7, 11) is -2.60. The highest BCUT2D eigenvalue weighted by atomic mass is 32.8. The molecule has 9 heavy (non-hydrogen) atoms. The molecule has 48 valence electrons. The number of hydrogen-bond acceptors (Lipinski definition) is 3. The van der Waals surface area contributed by atoms with Crippen molar-refractivity contribution >= 4 is 20.0 Å². The van der Waals surface area contributed by atoms with Gasteiger partial charge in [0.1, 0.15) is 0 Å². The minimum Gasteiger partial charge on any atom is -0.266 e. The third-order valence-electron chi connectivity index (χ3n) is 0.822. The van der Waals surface area contributed by atoms with Gasteiger partial charge in [0, 0.05) is 16.6 Å². The van der Waals surface area contributed by atoms with Crippen LogP contribution in [0.5, 0.6) is 0 Å². The molecule has 1 rings (SSSR count). The lowest BCUT2D eigenvalue weighted by Gasteiger charge is -1.96. The smallest absolute Gasteiger partial charge is 0.167 e. The second-order valence-electron chi connectivity index (χ2n) is 1.50. The summed E-state index contributed by atoms with van der Waals surface area (Å²) in [5.41, 5.74) is 0. The van der Waals surface area contributed by atoms with Crippen LogP contribution < -0.4 is 0 Å². The van der Waals surface area contributed by atoms with E-state index in [4.69, 9.17) is 10.6 Å². The molecule has 4 heteroatoms. The van der Waals surface area contributed by atoms with Gasteiger partial charge in [-0.15, -0.1) is 6.42 Å². The standard InChI is InChI=1S/C5H4O2S2/c1-2-5-3-4-9(6,8)7-5/h1,3-5H. The van der Waals surface area contributed by atoms with Gasteiger partial charge in [-0.1, -0.05) is 5.92 Å². The predicted molar refractivity (Wildman–Crippen MR) is 38.4 cm³/mol. The molecule has 2 unspecified atom stereocenters. The molecule has 0 amide bonds. The highest BCUT2D eigenvalue weighted by Crippen LogP contribution is 2.11. The Bertz CT molecular complexity index is 268. The van der Waals surface area contributed by atoms with Crippen LogP contribution in [-0.4, -0.2) is 10.3 Å². The van der Waals surface area contributed by atoms with E-state index in [1.807, 2.05) is 0 Å². The largest absolute Gasteiger partial charge is 0.266 e. The summed E-state index contributed by atoms with van der Waals surface area (Å²) in [6.45, 7) is 0. The first-order chi connectivity index (χ1) is 4.14. The van der Waals surface area contributed by atoms with Gasteiger partial charge in [-0.3, -0.25) is 4.18 Å². The van der Waals surface area contributed by atoms with E-state index < -0.39 is 14.9 Å². The molecule has 0 saturated carbocycles. The van der Waals surface area contributed by atoms with E-state index in [-0.39, 0.29) is 0 Å². The summed E-state index contributed by atoms with van der Waals surface area (Å²) in [6, 6.07) is 0. The van der Waals surface area contributed by atoms with E-state index in [1.54, 1.807) is 0 Å². The van der Waals surface area contributed by atoms with Crippen molar-refractivity contribution < 1.29 is 8.39 Å². The van der Waals surface area contributed by atoms with Gasteiger partial charge in [0.2, 0.25) is 0 Å². The van der Waals surface area contributed by atoms with Gasteiger partial charge in [-0.2, -0.15) is 0 Å². The first-order valence-corrected chi connectivity index (χ1v) is 4.69.